The van der Waals surface area contributed by atoms with Gasteiger partial charge in [-0.25, -0.2) is 18.6 Å². The molecule has 2 fully saturated rings. The normalized spacial score (nSPS) is 18.9. The average Bonchev–Trinajstić information content (AvgIpc) is 3.55. The van der Waals surface area contributed by atoms with Crippen molar-refractivity contribution in [2.45, 2.75) is 26.0 Å². The number of ether oxygens (including phenoxy) is 1. The van der Waals surface area contributed by atoms with Gasteiger partial charge in [0.25, 0.3) is 5.91 Å². The minimum Gasteiger partial charge on any atom is -0.442 e. The fourth-order valence-corrected chi connectivity index (χ4v) is 4.93. The van der Waals surface area contributed by atoms with Crippen LogP contribution < -0.4 is 25.8 Å². The maximum absolute atomic E-state index is 15.1. The number of aromatic nitrogens is 2. The second kappa shape index (κ2) is 11.4. The average molecular weight is 573 g/mol. The molecule has 0 radical (unpaired) electrons. The molecule has 0 saturated carbocycles. The molecule has 1 aromatic heterocycles. The highest BCUT2D eigenvalue weighted by atomic mass is 19.1. The Hall–Kier alpha value is -4.69. The Kier molecular flexibility index (Phi) is 7.77. The lowest BCUT2D eigenvalue weighted by Crippen LogP contribution is -2.54. The fourth-order valence-electron chi connectivity index (χ4n) is 4.93. The van der Waals surface area contributed by atoms with Gasteiger partial charge in [-0.1, -0.05) is 0 Å². The molecule has 4 heterocycles. The Morgan fingerprint density at radius 1 is 1.17 bits per heavy atom. The maximum atomic E-state index is 15.1. The van der Waals surface area contributed by atoms with Gasteiger partial charge in [-0.3, -0.25) is 23.9 Å². The molecular weight excluding hydrogens is 542 g/mol. The molecule has 2 saturated heterocycles. The second-order valence-electron chi connectivity index (χ2n) is 9.94. The molecule has 2 aromatic rings. The second-order valence-corrected chi connectivity index (χ2v) is 9.94. The van der Waals surface area contributed by atoms with Crippen LogP contribution in [0.4, 0.5) is 30.9 Å². The van der Waals surface area contributed by atoms with Gasteiger partial charge in [0.15, 0.2) is 11.6 Å². The summed E-state index contributed by atoms with van der Waals surface area (Å²) in [5.74, 6) is -2.28. The first-order chi connectivity index (χ1) is 19.6. The van der Waals surface area contributed by atoms with E-state index in [1.165, 1.54) is 16.7 Å². The first-order valence-corrected chi connectivity index (χ1v) is 13.2. The van der Waals surface area contributed by atoms with Gasteiger partial charge in [0.05, 0.1) is 18.8 Å². The number of carbonyl (C=O) groups excluding carboxylic acids is 4. The zero-order valence-electron chi connectivity index (χ0n) is 22.5. The molecule has 0 aliphatic carbocycles. The number of benzene rings is 1. The van der Waals surface area contributed by atoms with Crippen molar-refractivity contribution in [2.75, 3.05) is 60.9 Å². The van der Waals surface area contributed by atoms with Crippen LogP contribution in [0.2, 0.25) is 0 Å². The number of amides is 4. The highest BCUT2D eigenvalue weighted by Crippen LogP contribution is 2.31. The van der Waals surface area contributed by atoms with E-state index in [2.05, 4.69) is 20.9 Å². The molecule has 1 aromatic carbocycles. The highest BCUT2D eigenvalue weighted by Gasteiger charge is 2.34. The van der Waals surface area contributed by atoms with E-state index in [-0.39, 0.29) is 68.2 Å². The fraction of sp³-hybridized carbons (Fsp3) is 0.423. The van der Waals surface area contributed by atoms with E-state index >= 15 is 8.78 Å². The molecule has 2 unspecified atom stereocenters. The summed E-state index contributed by atoms with van der Waals surface area (Å²) < 4.78 is 37.1. The van der Waals surface area contributed by atoms with Crippen LogP contribution in [0.1, 0.15) is 24.3 Å². The van der Waals surface area contributed by atoms with Crippen molar-refractivity contribution < 1.29 is 32.7 Å². The number of hydrogen-bond acceptors (Lipinski definition) is 8. The number of piperazine rings is 1. The van der Waals surface area contributed by atoms with Crippen LogP contribution in [0.3, 0.4) is 0 Å². The summed E-state index contributed by atoms with van der Waals surface area (Å²) in [6.45, 7) is 4.33. The molecule has 0 spiro atoms. The van der Waals surface area contributed by atoms with E-state index in [1.54, 1.807) is 23.9 Å². The lowest BCUT2D eigenvalue weighted by molar-refractivity contribution is -0.133. The van der Waals surface area contributed by atoms with E-state index in [1.807, 2.05) is 6.08 Å². The van der Waals surface area contributed by atoms with Crippen LogP contribution >= 0.6 is 0 Å². The topological polar surface area (TPSA) is 141 Å². The van der Waals surface area contributed by atoms with Gasteiger partial charge in [-0.15, -0.1) is 0 Å². The van der Waals surface area contributed by atoms with Crippen LogP contribution in [-0.4, -0.2) is 96.2 Å². The smallest absolute Gasteiger partial charge is 0.414 e. The van der Waals surface area contributed by atoms with Gasteiger partial charge >= 0.3 is 6.09 Å². The molecule has 3 N–H and O–H groups in total. The van der Waals surface area contributed by atoms with E-state index < -0.39 is 35.8 Å². The van der Waals surface area contributed by atoms with E-state index in [0.717, 1.165) is 17.0 Å². The van der Waals surface area contributed by atoms with Crippen molar-refractivity contribution in [3.05, 3.63) is 41.7 Å². The molecular formula is C26H30F2N8O5. The Morgan fingerprint density at radius 3 is 2.54 bits per heavy atom. The first-order valence-electron chi connectivity index (χ1n) is 13.2. The summed E-state index contributed by atoms with van der Waals surface area (Å²) in [5.41, 5.74) is -0.0813. The lowest BCUT2D eigenvalue weighted by atomic mass is 10.1. The first kappa shape index (κ1) is 27.9. The van der Waals surface area contributed by atoms with E-state index in [9.17, 15) is 19.2 Å². The molecule has 41 heavy (non-hydrogen) atoms. The summed E-state index contributed by atoms with van der Waals surface area (Å²) >= 11 is 0. The van der Waals surface area contributed by atoms with Crippen molar-refractivity contribution in [1.29, 1.82) is 0 Å². The molecule has 3 aliphatic heterocycles. The number of anilines is 3. The minimum absolute atomic E-state index is 0.00261. The number of fused-ring (bicyclic) bond motifs is 1. The van der Waals surface area contributed by atoms with E-state index in [0.29, 0.717) is 12.5 Å². The molecule has 3 aliphatic rings. The molecule has 218 valence electrons. The van der Waals surface area contributed by atoms with Gasteiger partial charge < -0.3 is 30.5 Å². The van der Waals surface area contributed by atoms with Crippen LogP contribution in [0.5, 0.6) is 0 Å². The van der Waals surface area contributed by atoms with Gasteiger partial charge in [-0.05, 0) is 13.0 Å². The third-order valence-electron chi connectivity index (χ3n) is 7.00. The summed E-state index contributed by atoms with van der Waals surface area (Å²) in [5, 5.41) is 8.24. The van der Waals surface area contributed by atoms with Crippen LogP contribution in [-0.2, 0) is 14.3 Å². The number of nitrogens with one attached hydrogen (secondary N) is 3. The van der Waals surface area contributed by atoms with Gasteiger partial charge in [0, 0.05) is 64.2 Å². The summed E-state index contributed by atoms with van der Waals surface area (Å²) in [7, 11) is 0. The number of nitrogens with zero attached hydrogens (tertiary/aromatic N) is 5. The molecule has 0 bridgehead atoms. The molecule has 15 heteroatoms. The monoisotopic (exact) mass is 572 g/mol. The molecule has 4 amide bonds. The maximum Gasteiger partial charge on any atom is 0.414 e. The number of cyclic esters (lactones) is 1. The largest absolute Gasteiger partial charge is 0.442 e. The summed E-state index contributed by atoms with van der Waals surface area (Å²) in [6.07, 6.45) is 3.82. The Labute approximate surface area is 234 Å². The Morgan fingerprint density at radius 2 is 1.88 bits per heavy atom. The number of hydrogen-bond donors (Lipinski definition) is 3. The van der Waals surface area contributed by atoms with Crippen molar-refractivity contribution in [1.82, 2.24) is 25.1 Å². The number of carbonyl (C=O) groups is 4. The van der Waals surface area contributed by atoms with Crippen molar-refractivity contribution in [2.24, 2.45) is 0 Å². The Bertz CT molecular complexity index is 1380. The van der Waals surface area contributed by atoms with Crippen LogP contribution in [0.15, 0.2) is 24.4 Å². The third kappa shape index (κ3) is 5.93. The third-order valence-corrected chi connectivity index (χ3v) is 7.00. The predicted molar refractivity (Wildman–Crippen MR) is 144 cm³/mol. The van der Waals surface area contributed by atoms with E-state index in [4.69, 9.17) is 4.74 Å². The predicted octanol–water partition coefficient (Wildman–Crippen LogP) is 0.986. The highest BCUT2D eigenvalue weighted by molar-refractivity contribution is 5.96. The zero-order valence-corrected chi connectivity index (χ0v) is 22.5. The van der Waals surface area contributed by atoms with Crippen LogP contribution in [0, 0.1) is 11.6 Å². The van der Waals surface area contributed by atoms with Crippen molar-refractivity contribution >= 4 is 47.3 Å². The van der Waals surface area contributed by atoms with Crippen molar-refractivity contribution in [3.8, 4) is 0 Å². The number of halogens is 2. The number of imidazole rings is 1. The zero-order chi connectivity index (χ0) is 29.3. The standard InChI is InChI=1S/C26H30F2N8O5/c1-15(31-23(38)21-14-35-5-3-4-29-25(35)32-21)24(39)34-8-6-33(7-9-34)22-19(27)10-17(11-20(22)28)36-13-18(41-26(36)40)12-30-16(2)37/h3,5,10-11,14-15,18H,4,6-9,12-13H2,1-2H3,(H,29,32)(H,30,37)(H,31,38). The SMILES string of the molecule is CC(=O)NCC1CN(c2cc(F)c(N3CCN(C(=O)C(C)NC(=O)c4cn5c(n4)NCC=C5)CC3)c(F)c2)C(=O)O1. The van der Waals surface area contributed by atoms with Gasteiger partial charge in [0.2, 0.25) is 17.8 Å². The van der Waals surface area contributed by atoms with Gasteiger partial charge in [-0.2, -0.15) is 0 Å². The molecule has 2 atom stereocenters. The van der Waals surface area contributed by atoms with Gasteiger partial charge in [0.1, 0.15) is 23.5 Å². The minimum atomic E-state index is -0.856. The summed E-state index contributed by atoms with van der Waals surface area (Å²) in [6, 6.07) is 1.29. The van der Waals surface area contributed by atoms with Crippen molar-refractivity contribution in [3.63, 3.8) is 0 Å². The number of rotatable bonds is 7. The molecule has 5 rings (SSSR count). The lowest BCUT2D eigenvalue weighted by Gasteiger charge is -2.37. The summed E-state index contributed by atoms with van der Waals surface area (Å²) in [4.78, 5) is 57.4. The Balaban J connectivity index is 1.17. The molecule has 13 nitrogen and oxygen atoms in total. The van der Waals surface area contributed by atoms with Crippen LogP contribution in [0.25, 0.3) is 6.20 Å². The quantitative estimate of drug-likeness (QED) is 0.446.